The smallest absolute Gasteiger partial charge is 0.244 e. The van der Waals surface area contributed by atoms with E-state index in [1.54, 1.807) is 24.3 Å². The van der Waals surface area contributed by atoms with Gasteiger partial charge in [0.1, 0.15) is 12.6 Å². The van der Waals surface area contributed by atoms with E-state index >= 15 is 0 Å². The van der Waals surface area contributed by atoms with Crippen molar-refractivity contribution >= 4 is 43.5 Å². The molecular formula is C23H30BrN3O4S. The number of anilines is 1. The molecule has 0 saturated heterocycles. The van der Waals surface area contributed by atoms with Gasteiger partial charge in [-0.05, 0) is 53.4 Å². The fourth-order valence-corrected chi connectivity index (χ4v) is 4.91. The standard InChI is InChI=1S/C23H30BrN3O4S/c1-4-20(23(29)25-5-2)26(16-15-18-11-7-6-8-12-18)22(28)17-27(32(3,30)31)21-14-10-9-13-19(21)24/h6-14,20H,4-5,15-17H2,1-3H3,(H,25,29)/t20-/m1/s1. The molecule has 0 aliphatic heterocycles. The molecule has 0 aromatic heterocycles. The number of nitrogens with one attached hydrogen (secondary N) is 1. The molecule has 0 saturated carbocycles. The largest absolute Gasteiger partial charge is 0.355 e. The van der Waals surface area contributed by atoms with E-state index in [1.807, 2.05) is 44.2 Å². The van der Waals surface area contributed by atoms with E-state index in [2.05, 4.69) is 21.2 Å². The summed E-state index contributed by atoms with van der Waals surface area (Å²) in [6, 6.07) is 15.8. The minimum absolute atomic E-state index is 0.247. The Labute approximate surface area is 199 Å². The highest BCUT2D eigenvalue weighted by atomic mass is 79.9. The number of carbonyl (C=O) groups is 2. The zero-order chi connectivity index (χ0) is 23.7. The van der Waals surface area contributed by atoms with Crippen molar-refractivity contribution in [2.24, 2.45) is 0 Å². The molecule has 9 heteroatoms. The maximum Gasteiger partial charge on any atom is 0.244 e. The summed E-state index contributed by atoms with van der Waals surface area (Å²) in [6.07, 6.45) is 2.03. The summed E-state index contributed by atoms with van der Waals surface area (Å²) >= 11 is 3.37. The lowest BCUT2D eigenvalue weighted by Crippen LogP contribution is -2.53. The van der Waals surface area contributed by atoms with Gasteiger partial charge in [-0.2, -0.15) is 0 Å². The Morgan fingerprint density at radius 3 is 2.22 bits per heavy atom. The summed E-state index contributed by atoms with van der Waals surface area (Å²) in [7, 11) is -3.74. The third-order valence-electron chi connectivity index (χ3n) is 5.02. The Hall–Kier alpha value is -2.39. The molecule has 2 amide bonds. The molecule has 0 radical (unpaired) electrons. The Kier molecular flexibility index (Phi) is 9.71. The molecule has 0 spiro atoms. The highest BCUT2D eigenvalue weighted by molar-refractivity contribution is 9.10. The van der Waals surface area contributed by atoms with E-state index in [0.717, 1.165) is 16.1 Å². The molecule has 0 unspecified atom stereocenters. The molecule has 0 heterocycles. The van der Waals surface area contributed by atoms with Crippen molar-refractivity contribution in [3.63, 3.8) is 0 Å². The number of likely N-dealkylation sites (N-methyl/N-ethyl adjacent to an activating group) is 1. The minimum Gasteiger partial charge on any atom is -0.355 e. The Morgan fingerprint density at radius 2 is 1.66 bits per heavy atom. The fraction of sp³-hybridized carbons (Fsp3) is 0.391. The van der Waals surface area contributed by atoms with Crippen molar-refractivity contribution in [3.8, 4) is 0 Å². The average molecular weight is 524 g/mol. The number of hydrogen-bond donors (Lipinski definition) is 1. The first-order chi connectivity index (χ1) is 15.2. The number of amides is 2. The number of halogens is 1. The van der Waals surface area contributed by atoms with Crippen molar-refractivity contribution in [2.75, 3.05) is 30.2 Å². The van der Waals surface area contributed by atoms with Gasteiger partial charge in [0.15, 0.2) is 0 Å². The monoisotopic (exact) mass is 523 g/mol. The summed E-state index contributed by atoms with van der Waals surface area (Å²) in [4.78, 5) is 27.6. The van der Waals surface area contributed by atoms with E-state index in [4.69, 9.17) is 0 Å². The van der Waals surface area contributed by atoms with Crippen molar-refractivity contribution in [1.29, 1.82) is 0 Å². The maximum atomic E-state index is 13.4. The van der Waals surface area contributed by atoms with Gasteiger partial charge >= 0.3 is 0 Å². The molecule has 174 valence electrons. The summed E-state index contributed by atoms with van der Waals surface area (Å²) in [6.45, 7) is 4.00. The predicted molar refractivity (Wildman–Crippen MR) is 131 cm³/mol. The van der Waals surface area contributed by atoms with Gasteiger partial charge in [0.05, 0.1) is 11.9 Å². The van der Waals surface area contributed by atoms with Crippen LogP contribution in [0.4, 0.5) is 5.69 Å². The van der Waals surface area contributed by atoms with Crippen molar-refractivity contribution in [1.82, 2.24) is 10.2 Å². The van der Waals surface area contributed by atoms with E-state index in [-0.39, 0.29) is 5.91 Å². The first-order valence-corrected chi connectivity index (χ1v) is 13.2. The Bertz CT molecular complexity index is 1010. The molecule has 0 bridgehead atoms. The van der Waals surface area contributed by atoms with Crippen LogP contribution in [0.5, 0.6) is 0 Å². The normalized spacial score (nSPS) is 12.1. The van der Waals surface area contributed by atoms with Gasteiger partial charge < -0.3 is 10.2 Å². The number of sulfonamides is 1. The van der Waals surface area contributed by atoms with Crippen LogP contribution < -0.4 is 9.62 Å². The third-order valence-corrected chi connectivity index (χ3v) is 6.82. The van der Waals surface area contributed by atoms with E-state index < -0.39 is 28.5 Å². The first kappa shape index (κ1) is 25.9. The molecule has 2 aromatic carbocycles. The third kappa shape index (κ3) is 7.06. The molecule has 32 heavy (non-hydrogen) atoms. The van der Waals surface area contributed by atoms with Crippen molar-refractivity contribution in [2.45, 2.75) is 32.7 Å². The number of carbonyl (C=O) groups excluding carboxylic acids is 2. The summed E-state index contributed by atoms with van der Waals surface area (Å²) in [5.74, 6) is -0.677. The lowest BCUT2D eigenvalue weighted by Gasteiger charge is -2.33. The lowest BCUT2D eigenvalue weighted by molar-refractivity contribution is -0.139. The minimum atomic E-state index is -3.74. The van der Waals surface area contributed by atoms with Crippen LogP contribution in [0, 0.1) is 0 Å². The van der Waals surface area contributed by atoms with Gasteiger partial charge in [0.25, 0.3) is 0 Å². The predicted octanol–water partition coefficient (Wildman–Crippen LogP) is 3.20. The number of rotatable bonds is 11. The molecular weight excluding hydrogens is 494 g/mol. The van der Waals surface area contributed by atoms with Crippen LogP contribution in [0.25, 0.3) is 0 Å². The number of para-hydroxylation sites is 1. The number of hydrogen-bond acceptors (Lipinski definition) is 4. The molecule has 7 nitrogen and oxygen atoms in total. The highest BCUT2D eigenvalue weighted by Crippen LogP contribution is 2.27. The lowest BCUT2D eigenvalue weighted by atomic mass is 10.1. The van der Waals surface area contributed by atoms with E-state index in [0.29, 0.717) is 36.1 Å². The maximum absolute atomic E-state index is 13.4. The van der Waals surface area contributed by atoms with Crippen LogP contribution in [0.2, 0.25) is 0 Å². The molecule has 2 rings (SSSR count). The van der Waals surface area contributed by atoms with Crippen LogP contribution in [-0.4, -0.2) is 57.1 Å². The topological polar surface area (TPSA) is 86.8 Å². The Balaban J connectivity index is 2.35. The number of nitrogens with zero attached hydrogens (tertiary/aromatic N) is 2. The van der Waals surface area contributed by atoms with Gasteiger partial charge in [0, 0.05) is 17.6 Å². The second-order valence-electron chi connectivity index (χ2n) is 7.36. The van der Waals surface area contributed by atoms with Crippen LogP contribution in [0.3, 0.4) is 0 Å². The van der Waals surface area contributed by atoms with Gasteiger partial charge in [0.2, 0.25) is 21.8 Å². The first-order valence-electron chi connectivity index (χ1n) is 10.5. The molecule has 2 aromatic rings. The fourth-order valence-electron chi connectivity index (χ4n) is 3.44. The van der Waals surface area contributed by atoms with Crippen LogP contribution >= 0.6 is 15.9 Å². The van der Waals surface area contributed by atoms with Gasteiger partial charge in [-0.25, -0.2) is 8.42 Å². The van der Waals surface area contributed by atoms with Crippen LogP contribution in [-0.2, 0) is 26.0 Å². The van der Waals surface area contributed by atoms with Crippen molar-refractivity contribution in [3.05, 3.63) is 64.6 Å². The molecule has 0 fully saturated rings. The van der Waals surface area contributed by atoms with Crippen LogP contribution in [0.1, 0.15) is 25.8 Å². The molecule has 0 aliphatic carbocycles. The highest BCUT2D eigenvalue weighted by Gasteiger charge is 2.31. The molecule has 1 N–H and O–H groups in total. The summed E-state index contributed by atoms with van der Waals surface area (Å²) in [5, 5.41) is 2.78. The van der Waals surface area contributed by atoms with Gasteiger partial charge in [-0.1, -0.05) is 49.4 Å². The number of benzene rings is 2. The molecule has 0 aliphatic rings. The second-order valence-corrected chi connectivity index (χ2v) is 10.1. The Morgan fingerprint density at radius 1 is 1.03 bits per heavy atom. The summed E-state index contributed by atoms with van der Waals surface area (Å²) < 4.78 is 26.7. The van der Waals surface area contributed by atoms with Crippen LogP contribution in [0.15, 0.2) is 59.1 Å². The molecule has 1 atom stereocenters. The zero-order valence-electron chi connectivity index (χ0n) is 18.6. The van der Waals surface area contributed by atoms with E-state index in [1.165, 1.54) is 4.90 Å². The summed E-state index contributed by atoms with van der Waals surface area (Å²) in [5.41, 5.74) is 1.40. The van der Waals surface area contributed by atoms with Crippen molar-refractivity contribution < 1.29 is 18.0 Å². The SMILES string of the molecule is CCNC(=O)[C@@H](CC)N(CCc1ccccc1)C(=O)CN(c1ccccc1Br)S(C)(=O)=O. The zero-order valence-corrected chi connectivity index (χ0v) is 21.0. The van der Waals surface area contributed by atoms with E-state index in [9.17, 15) is 18.0 Å². The van der Waals surface area contributed by atoms with Gasteiger partial charge in [-0.15, -0.1) is 0 Å². The average Bonchev–Trinajstić information content (AvgIpc) is 2.75. The van der Waals surface area contributed by atoms with Gasteiger partial charge in [-0.3, -0.25) is 13.9 Å². The quantitative estimate of drug-likeness (QED) is 0.489. The second kappa shape index (κ2) is 12.0.